The molecule has 0 bridgehead atoms. The molecule has 0 aliphatic carbocycles. The van der Waals surface area contributed by atoms with Crippen LogP contribution >= 0.6 is 0 Å². The van der Waals surface area contributed by atoms with Crippen LogP contribution in [0.1, 0.15) is 33.3 Å². The smallest absolute Gasteiger partial charge is 0.278 e. The van der Waals surface area contributed by atoms with E-state index in [1.807, 2.05) is 30.3 Å². The third-order valence-corrected chi connectivity index (χ3v) is 4.65. The monoisotopic (exact) mass is 369 g/mol. The molecule has 2 aliphatic heterocycles. The fourth-order valence-corrected chi connectivity index (χ4v) is 3.26. The number of fused-ring (bicyclic) bond motifs is 2. The average molecular weight is 369 g/mol. The van der Waals surface area contributed by atoms with Crippen molar-refractivity contribution in [3.8, 4) is 5.75 Å². The van der Waals surface area contributed by atoms with E-state index in [2.05, 4.69) is 5.43 Å². The van der Waals surface area contributed by atoms with Gasteiger partial charge < -0.3 is 19.8 Å². The number of amides is 1. The Morgan fingerprint density at radius 1 is 1.30 bits per heavy atom. The molecule has 0 spiro atoms. The van der Waals surface area contributed by atoms with Gasteiger partial charge in [-0.15, -0.1) is 0 Å². The summed E-state index contributed by atoms with van der Waals surface area (Å²) in [7, 11) is 0. The van der Waals surface area contributed by atoms with Crippen molar-refractivity contribution in [3.05, 3.63) is 63.6 Å². The second-order valence-electron chi connectivity index (χ2n) is 6.47. The highest BCUT2D eigenvalue weighted by molar-refractivity contribution is 5.99. The number of rotatable bonds is 4. The van der Waals surface area contributed by atoms with Crippen LogP contribution in [0.2, 0.25) is 0 Å². The number of ketones is 1. The van der Waals surface area contributed by atoms with Crippen LogP contribution in [0.15, 0.2) is 41.3 Å². The molecule has 3 heterocycles. The van der Waals surface area contributed by atoms with E-state index in [4.69, 9.17) is 9.47 Å². The van der Waals surface area contributed by atoms with Gasteiger partial charge in [-0.1, -0.05) is 30.3 Å². The van der Waals surface area contributed by atoms with Crippen molar-refractivity contribution in [1.29, 1.82) is 0 Å². The highest BCUT2D eigenvalue weighted by Gasteiger charge is 2.38. The van der Waals surface area contributed by atoms with Crippen molar-refractivity contribution in [2.75, 3.05) is 25.2 Å². The molecule has 2 aliphatic rings. The lowest BCUT2D eigenvalue weighted by Crippen LogP contribution is -2.59. The molecule has 1 amide bonds. The van der Waals surface area contributed by atoms with Crippen molar-refractivity contribution in [2.24, 2.45) is 0 Å². The lowest BCUT2D eigenvalue weighted by Gasteiger charge is -2.41. The van der Waals surface area contributed by atoms with Gasteiger partial charge in [0.2, 0.25) is 5.43 Å². The van der Waals surface area contributed by atoms with E-state index in [1.54, 1.807) is 4.90 Å². The average Bonchev–Trinajstić information content (AvgIpc) is 2.68. The van der Waals surface area contributed by atoms with Crippen LogP contribution < -0.4 is 15.6 Å². The minimum absolute atomic E-state index is 0.0349. The maximum absolute atomic E-state index is 13.0. The van der Waals surface area contributed by atoms with Crippen molar-refractivity contribution in [2.45, 2.75) is 19.7 Å². The number of Topliss-reactive ketones (excluding diaryl/α,β-unsaturated/α-hetero) is 1. The summed E-state index contributed by atoms with van der Waals surface area (Å²) in [5, 5.41) is 0. The van der Waals surface area contributed by atoms with E-state index in [-0.39, 0.29) is 35.7 Å². The number of carbonyl (C=O) groups excluding carboxylic acids is 2. The summed E-state index contributed by atoms with van der Waals surface area (Å²) in [4.78, 5) is 39.4. The molecule has 8 heteroatoms. The number of pyridine rings is 1. The van der Waals surface area contributed by atoms with Gasteiger partial charge in [0.05, 0.1) is 18.8 Å². The van der Waals surface area contributed by atoms with Crippen LogP contribution in [0.5, 0.6) is 5.75 Å². The highest BCUT2D eigenvalue weighted by Crippen LogP contribution is 2.24. The number of nitrogens with one attached hydrogen (secondary N) is 1. The first-order chi connectivity index (χ1) is 13.1. The molecule has 8 nitrogen and oxygen atoms in total. The summed E-state index contributed by atoms with van der Waals surface area (Å²) < 4.78 is 12.6. The topological polar surface area (TPSA) is 89.9 Å². The summed E-state index contributed by atoms with van der Waals surface area (Å²) in [6.07, 6.45) is 1.00. The zero-order valence-electron chi connectivity index (χ0n) is 14.8. The Bertz CT molecular complexity index is 954. The number of ether oxygens (including phenoxy) is 2. The largest absolute Gasteiger partial charge is 0.482 e. The Morgan fingerprint density at radius 3 is 2.81 bits per heavy atom. The fraction of sp³-hybridized carbons (Fsp3) is 0.316. The normalized spacial score (nSPS) is 18.3. The van der Waals surface area contributed by atoms with Crippen LogP contribution in [0.3, 0.4) is 0 Å². The van der Waals surface area contributed by atoms with Gasteiger partial charge in [0.1, 0.15) is 12.8 Å². The van der Waals surface area contributed by atoms with Gasteiger partial charge in [-0.2, -0.15) is 0 Å². The van der Waals surface area contributed by atoms with E-state index in [9.17, 15) is 14.4 Å². The molecule has 27 heavy (non-hydrogen) atoms. The van der Waals surface area contributed by atoms with Crippen LogP contribution in [-0.4, -0.2) is 47.2 Å². The first kappa shape index (κ1) is 17.3. The van der Waals surface area contributed by atoms with Crippen LogP contribution in [0, 0.1) is 0 Å². The third-order valence-electron chi connectivity index (χ3n) is 4.65. The molecule has 4 rings (SSSR count). The quantitative estimate of drug-likeness (QED) is 0.809. The Labute approximate surface area is 155 Å². The van der Waals surface area contributed by atoms with Gasteiger partial charge in [0.25, 0.3) is 5.91 Å². The molecule has 0 radical (unpaired) electrons. The van der Waals surface area contributed by atoms with Crippen molar-refractivity contribution < 1.29 is 19.1 Å². The molecule has 1 N–H and O–H groups in total. The molecule has 1 atom stereocenters. The molecule has 1 aromatic heterocycles. The van der Waals surface area contributed by atoms with E-state index >= 15 is 0 Å². The molecular weight excluding hydrogens is 350 g/mol. The maximum Gasteiger partial charge on any atom is 0.278 e. The SMILES string of the molecule is CC(=O)c1cn2c(c(OCc3ccccc3)c1=O)C(=O)N1CCOC[C@H]1N2. The van der Waals surface area contributed by atoms with E-state index in [0.29, 0.717) is 19.8 Å². The van der Waals surface area contributed by atoms with Crippen molar-refractivity contribution in [3.63, 3.8) is 0 Å². The van der Waals surface area contributed by atoms with Crippen molar-refractivity contribution >= 4 is 11.7 Å². The van der Waals surface area contributed by atoms with Crippen LogP contribution in [-0.2, 0) is 11.3 Å². The van der Waals surface area contributed by atoms with Gasteiger partial charge in [-0.3, -0.25) is 19.1 Å². The second kappa shape index (κ2) is 6.88. The van der Waals surface area contributed by atoms with Gasteiger partial charge >= 0.3 is 0 Å². The standard InChI is InChI=1S/C19H19N3O5/c1-12(23)14-9-22-16(19(25)21-7-8-26-11-15(21)20-22)18(17(14)24)27-10-13-5-3-2-4-6-13/h2-6,9,15,20H,7-8,10-11H2,1H3/t15-/m0/s1. The maximum atomic E-state index is 13.0. The van der Waals surface area contributed by atoms with E-state index in [1.165, 1.54) is 17.8 Å². The molecule has 0 saturated carbocycles. The third kappa shape index (κ3) is 3.08. The molecule has 0 unspecified atom stereocenters. The minimum atomic E-state index is -0.577. The summed E-state index contributed by atoms with van der Waals surface area (Å²) in [5.74, 6) is -0.831. The van der Waals surface area contributed by atoms with E-state index < -0.39 is 11.2 Å². The molecule has 1 aromatic carbocycles. The Morgan fingerprint density at radius 2 is 2.07 bits per heavy atom. The molecule has 2 aromatic rings. The first-order valence-electron chi connectivity index (χ1n) is 8.69. The highest BCUT2D eigenvalue weighted by atomic mass is 16.5. The number of morpholine rings is 1. The number of benzene rings is 1. The van der Waals surface area contributed by atoms with Gasteiger partial charge in [0.15, 0.2) is 17.2 Å². The van der Waals surface area contributed by atoms with Gasteiger partial charge in [-0.25, -0.2) is 0 Å². The number of aromatic nitrogens is 1. The molecule has 140 valence electrons. The number of hydrogen-bond acceptors (Lipinski definition) is 6. The predicted molar refractivity (Wildman–Crippen MR) is 96.5 cm³/mol. The predicted octanol–water partition coefficient (Wildman–Crippen LogP) is 0.986. The lowest BCUT2D eigenvalue weighted by atomic mass is 10.1. The first-order valence-corrected chi connectivity index (χ1v) is 8.69. The Hall–Kier alpha value is -3.13. The number of hydrogen-bond donors (Lipinski definition) is 1. The second-order valence-corrected chi connectivity index (χ2v) is 6.47. The Balaban J connectivity index is 1.79. The molecular formula is C19H19N3O5. The molecule has 1 fully saturated rings. The molecule has 1 saturated heterocycles. The summed E-state index contributed by atoms with van der Waals surface area (Å²) in [6.45, 7) is 2.60. The number of nitrogens with zero attached hydrogens (tertiary/aromatic N) is 2. The summed E-state index contributed by atoms with van der Waals surface area (Å²) in [6, 6.07) is 9.31. The lowest BCUT2D eigenvalue weighted by molar-refractivity contribution is -0.00329. The van der Waals surface area contributed by atoms with Crippen molar-refractivity contribution in [1.82, 2.24) is 9.58 Å². The summed E-state index contributed by atoms with van der Waals surface area (Å²) >= 11 is 0. The van der Waals surface area contributed by atoms with E-state index in [0.717, 1.165) is 5.56 Å². The fourth-order valence-electron chi connectivity index (χ4n) is 3.26. The number of carbonyl (C=O) groups is 2. The van der Waals surface area contributed by atoms with Gasteiger partial charge in [-0.05, 0) is 12.5 Å². The van der Waals surface area contributed by atoms with Crippen LogP contribution in [0.25, 0.3) is 0 Å². The van der Waals surface area contributed by atoms with Crippen LogP contribution in [0.4, 0.5) is 0 Å². The Kier molecular flexibility index (Phi) is 4.41. The zero-order valence-corrected chi connectivity index (χ0v) is 14.8. The summed E-state index contributed by atoms with van der Waals surface area (Å²) in [5.41, 5.74) is 3.45. The van der Waals surface area contributed by atoms with Gasteiger partial charge in [0, 0.05) is 12.7 Å². The minimum Gasteiger partial charge on any atom is -0.482 e. The zero-order chi connectivity index (χ0) is 19.0.